The second kappa shape index (κ2) is 9.46. The minimum atomic E-state index is -3.12. The third-order valence-corrected chi connectivity index (χ3v) is 6.03. The minimum absolute atomic E-state index is 0. The molecular formula is C16H28IN3O2S. The molecule has 0 fully saturated rings. The molecule has 1 aromatic rings. The molecule has 5 nitrogen and oxygen atoms in total. The van der Waals surface area contributed by atoms with E-state index in [9.17, 15) is 8.42 Å². The molecule has 0 aromatic heterocycles. The van der Waals surface area contributed by atoms with Gasteiger partial charge in [-0.25, -0.2) is 8.42 Å². The predicted molar refractivity (Wildman–Crippen MR) is 108 cm³/mol. The van der Waals surface area contributed by atoms with Crippen molar-refractivity contribution in [2.75, 3.05) is 26.4 Å². The van der Waals surface area contributed by atoms with Gasteiger partial charge in [-0.05, 0) is 26.3 Å². The second-order valence-electron chi connectivity index (χ2n) is 6.25. The number of rotatable bonds is 5. The summed E-state index contributed by atoms with van der Waals surface area (Å²) in [7, 11) is 0.505. The number of hydrogen-bond acceptors (Lipinski definition) is 3. The van der Waals surface area contributed by atoms with E-state index in [-0.39, 0.29) is 29.7 Å². The second-order valence-corrected chi connectivity index (χ2v) is 9.11. The molecule has 0 unspecified atom stereocenters. The Morgan fingerprint density at radius 1 is 1.22 bits per heavy atom. The van der Waals surface area contributed by atoms with Crippen LogP contribution in [0.15, 0.2) is 35.3 Å². The number of nitrogens with zero attached hydrogens (tertiary/aromatic N) is 2. The standard InChI is InChI=1S/C16H27N3O2S.HI/c1-16(2,3)22(20,21)12-11-18-15(17-4)19(5)13-14-9-7-6-8-10-14;/h6-10H,11-13H2,1-5H3,(H,17,18);1H. The summed E-state index contributed by atoms with van der Waals surface area (Å²) >= 11 is 0. The summed E-state index contributed by atoms with van der Waals surface area (Å²) in [6.45, 7) is 6.23. The summed E-state index contributed by atoms with van der Waals surface area (Å²) in [5.41, 5.74) is 1.18. The fourth-order valence-electron chi connectivity index (χ4n) is 1.92. The highest BCUT2D eigenvalue weighted by Gasteiger charge is 2.28. The Hall–Kier alpha value is -0.830. The van der Waals surface area contributed by atoms with Crippen molar-refractivity contribution in [1.82, 2.24) is 10.2 Å². The number of halogens is 1. The van der Waals surface area contributed by atoms with Crippen molar-refractivity contribution >= 4 is 39.8 Å². The fraction of sp³-hybridized carbons (Fsp3) is 0.562. The van der Waals surface area contributed by atoms with Gasteiger partial charge in [0.2, 0.25) is 0 Å². The van der Waals surface area contributed by atoms with E-state index >= 15 is 0 Å². The molecule has 1 N–H and O–H groups in total. The molecule has 132 valence electrons. The van der Waals surface area contributed by atoms with Crippen LogP contribution < -0.4 is 5.32 Å². The number of sulfone groups is 1. The largest absolute Gasteiger partial charge is 0.355 e. The molecule has 0 saturated carbocycles. The topological polar surface area (TPSA) is 61.8 Å². The molecule has 1 rings (SSSR count). The highest BCUT2D eigenvalue weighted by Crippen LogP contribution is 2.15. The van der Waals surface area contributed by atoms with E-state index in [1.54, 1.807) is 27.8 Å². The number of guanidine groups is 1. The van der Waals surface area contributed by atoms with E-state index in [1.807, 2.05) is 42.3 Å². The van der Waals surface area contributed by atoms with Gasteiger partial charge in [-0.1, -0.05) is 30.3 Å². The zero-order chi connectivity index (χ0) is 16.8. The van der Waals surface area contributed by atoms with E-state index in [4.69, 9.17) is 0 Å². The van der Waals surface area contributed by atoms with Gasteiger partial charge in [0.05, 0.1) is 10.5 Å². The average molecular weight is 453 g/mol. The summed E-state index contributed by atoms with van der Waals surface area (Å²) in [6, 6.07) is 10.1. The van der Waals surface area contributed by atoms with Crippen molar-refractivity contribution < 1.29 is 8.42 Å². The van der Waals surface area contributed by atoms with Gasteiger partial charge in [0.15, 0.2) is 15.8 Å². The van der Waals surface area contributed by atoms with E-state index in [1.165, 1.54) is 5.56 Å². The molecule has 0 aliphatic carbocycles. The summed E-state index contributed by atoms with van der Waals surface area (Å²) < 4.78 is 23.5. The first-order chi connectivity index (χ1) is 10.2. The average Bonchev–Trinajstić information content (AvgIpc) is 2.43. The Morgan fingerprint density at radius 2 is 1.78 bits per heavy atom. The van der Waals surface area contributed by atoms with Crippen molar-refractivity contribution in [3.05, 3.63) is 35.9 Å². The van der Waals surface area contributed by atoms with E-state index in [0.717, 1.165) is 0 Å². The van der Waals surface area contributed by atoms with Crippen LogP contribution in [0.4, 0.5) is 0 Å². The lowest BCUT2D eigenvalue weighted by molar-refractivity contribution is 0.478. The molecule has 0 radical (unpaired) electrons. The molecule has 7 heteroatoms. The van der Waals surface area contributed by atoms with Crippen molar-refractivity contribution in [2.45, 2.75) is 32.1 Å². The number of hydrogen-bond donors (Lipinski definition) is 1. The van der Waals surface area contributed by atoms with Crippen LogP contribution in [-0.4, -0.2) is 50.4 Å². The molecule has 0 bridgehead atoms. The Balaban J connectivity index is 0.00000484. The smallest absolute Gasteiger partial charge is 0.193 e. The lowest BCUT2D eigenvalue weighted by Gasteiger charge is -2.23. The zero-order valence-corrected chi connectivity index (χ0v) is 17.7. The molecule has 0 aliphatic rings. The van der Waals surface area contributed by atoms with Gasteiger partial charge in [-0.2, -0.15) is 0 Å². The SMILES string of the molecule is CN=C(NCCS(=O)(=O)C(C)(C)C)N(C)Cc1ccccc1.I. The summed E-state index contributed by atoms with van der Waals surface area (Å²) in [5, 5.41) is 3.11. The van der Waals surface area contributed by atoms with Crippen LogP contribution in [0.25, 0.3) is 0 Å². The minimum Gasteiger partial charge on any atom is -0.355 e. The van der Waals surface area contributed by atoms with E-state index in [0.29, 0.717) is 19.0 Å². The molecule has 0 saturated heterocycles. The molecule has 23 heavy (non-hydrogen) atoms. The highest BCUT2D eigenvalue weighted by atomic mass is 127. The van der Waals surface area contributed by atoms with Crippen LogP contribution in [-0.2, 0) is 16.4 Å². The highest BCUT2D eigenvalue weighted by molar-refractivity contribution is 14.0. The zero-order valence-electron chi connectivity index (χ0n) is 14.5. The summed E-state index contributed by atoms with van der Waals surface area (Å²) in [4.78, 5) is 6.17. The van der Waals surface area contributed by atoms with Gasteiger partial charge in [0, 0.05) is 27.2 Å². The Morgan fingerprint density at radius 3 is 2.26 bits per heavy atom. The van der Waals surface area contributed by atoms with Crippen LogP contribution in [0.5, 0.6) is 0 Å². The van der Waals surface area contributed by atoms with Crippen molar-refractivity contribution in [3.8, 4) is 0 Å². The fourth-order valence-corrected chi connectivity index (χ4v) is 2.90. The molecule has 1 aromatic carbocycles. The molecule has 0 spiro atoms. The molecule has 0 amide bonds. The van der Waals surface area contributed by atoms with Crippen LogP contribution in [0.1, 0.15) is 26.3 Å². The van der Waals surface area contributed by atoms with E-state index in [2.05, 4.69) is 10.3 Å². The van der Waals surface area contributed by atoms with Gasteiger partial charge < -0.3 is 10.2 Å². The predicted octanol–water partition coefficient (Wildman–Crippen LogP) is 2.53. The van der Waals surface area contributed by atoms with Gasteiger partial charge >= 0.3 is 0 Å². The van der Waals surface area contributed by atoms with Crippen LogP contribution in [0.2, 0.25) is 0 Å². The molecule has 0 heterocycles. The third-order valence-electron chi connectivity index (χ3n) is 3.42. The monoisotopic (exact) mass is 453 g/mol. The van der Waals surface area contributed by atoms with Gasteiger partial charge in [0.25, 0.3) is 0 Å². The van der Waals surface area contributed by atoms with Crippen LogP contribution in [0, 0.1) is 0 Å². The number of aliphatic imine (C=N–C) groups is 1. The number of nitrogens with one attached hydrogen (secondary N) is 1. The Bertz CT molecular complexity index is 596. The van der Waals surface area contributed by atoms with Crippen LogP contribution in [0.3, 0.4) is 0 Å². The maximum Gasteiger partial charge on any atom is 0.193 e. The Kier molecular flexibility index (Phi) is 9.12. The first-order valence-electron chi connectivity index (χ1n) is 7.35. The van der Waals surface area contributed by atoms with Crippen molar-refractivity contribution in [3.63, 3.8) is 0 Å². The Labute approximate surface area is 157 Å². The lowest BCUT2D eigenvalue weighted by Crippen LogP contribution is -2.42. The molecule has 0 aliphatic heterocycles. The summed E-state index contributed by atoms with van der Waals surface area (Å²) in [5.74, 6) is 0.780. The van der Waals surface area contributed by atoms with E-state index < -0.39 is 14.6 Å². The summed E-state index contributed by atoms with van der Waals surface area (Å²) in [6.07, 6.45) is 0. The lowest BCUT2D eigenvalue weighted by atomic mass is 10.2. The quantitative estimate of drug-likeness (QED) is 0.423. The molecular weight excluding hydrogens is 425 g/mol. The molecule has 0 atom stereocenters. The van der Waals surface area contributed by atoms with Crippen molar-refractivity contribution in [1.29, 1.82) is 0 Å². The first-order valence-corrected chi connectivity index (χ1v) is 9.00. The maximum atomic E-state index is 12.1. The maximum absolute atomic E-state index is 12.1. The van der Waals surface area contributed by atoms with Crippen molar-refractivity contribution in [2.24, 2.45) is 4.99 Å². The van der Waals surface area contributed by atoms with Crippen LogP contribution >= 0.6 is 24.0 Å². The van der Waals surface area contributed by atoms with Gasteiger partial charge in [-0.15, -0.1) is 24.0 Å². The third kappa shape index (κ3) is 7.07. The van der Waals surface area contributed by atoms with Gasteiger partial charge in [0.1, 0.15) is 0 Å². The first kappa shape index (κ1) is 22.2. The number of benzene rings is 1. The normalized spacial score (nSPS) is 12.5. The van der Waals surface area contributed by atoms with Gasteiger partial charge in [-0.3, -0.25) is 4.99 Å².